The Labute approximate surface area is 200 Å². The number of nitrogens with zero attached hydrogens (tertiary/aromatic N) is 1. The van der Waals surface area contributed by atoms with Crippen LogP contribution in [-0.4, -0.2) is 47.0 Å². The third kappa shape index (κ3) is 5.55. The van der Waals surface area contributed by atoms with Gasteiger partial charge in [-0.15, -0.1) is 0 Å². The minimum absolute atomic E-state index is 0.0123. The summed E-state index contributed by atoms with van der Waals surface area (Å²) in [5, 5.41) is 22.2. The van der Waals surface area contributed by atoms with Crippen molar-refractivity contribution < 1.29 is 19.6 Å². The molecular formula is C27H29BN2O4. The normalized spacial score (nSPS) is 14.0. The van der Waals surface area contributed by atoms with Crippen LogP contribution in [0, 0.1) is 0 Å². The SMILES string of the molecule is CC(=O)NCc1cccc(C2CCN(C(=O)c3cccc(-c4ccccc4B(O)O)c3)CC2)c1. The highest BCUT2D eigenvalue weighted by atomic mass is 16.4. The number of hydrogen-bond donors (Lipinski definition) is 3. The quantitative estimate of drug-likeness (QED) is 0.498. The van der Waals surface area contributed by atoms with Gasteiger partial charge in [-0.1, -0.05) is 60.7 Å². The molecule has 2 amide bonds. The predicted octanol–water partition coefficient (Wildman–Crippen LogP) is 2.69. The zero-order valence-corrected chi connectivity index (χ0v) is 19.3. The highest BCUT2D eigenvalue weighted by Crippen LogP contribution is 2.29. The molecule has 1 aliphatic rings. The van der Waals surface area contributed by atoms with Crippen molar-refractivity contribution in [2.24, 2.45) is 0 Å². The molecule has 34 heavy (non-hydrogen) atoms. The first-order valence-electron chi connectivity index (χ1n) is 11.6. The molecule has 3 aromatic carbocycles. The van der Waals surface area contributed by atoms with Crippen LogP contribution < -0.4 is 10.8 Å². The third-order valence-corrected chi connectivity index (χ3v) is 6.41. The molecule has 3 N–H and O–H groups in total. The first-order valence-corrected chi connectivity index (χ1v) is 11.6. The van der Waals surface area contributed by atoms with Crippen molar-refractivity contribution >= 4 is 24.4 Å². The summed E-state index contributed by atoms with van der Waals surface area (Å²) in [6.45, 7) is 3.39. The van der Waals surface area contributed by atoms with Crippen molar-refractivity contribution in [3.8, 4) is 11.1 Å². The number of piperidine rings is 1. The number of benzene rings is 3. The Morgan fingerprint density at radius 1 is 0.971 bits per heavy atom. The first kappa shape index (κ1) is 23.7. The van der Waals surface area contributed by atoms with E-state index in [0.29, 0.717) is 42.1 Å². The Bertz CT molecular complexity index is 1170. The largest absolute Gasteiger partial charge is 0.489 e. The van der Waals surface area contributed by atoms with Crippen molar-refractivity contribution in [1.29, 1.82) is 0 Å². The van der Waals surface area contributed by atoms with Gasteiger partial charge < -0.3 is 20.3 Å². The standard InChI is InChI=1S/C27H29BN2O4/c1-19(31)29-18-20-6-4-7-22(16-20)21-12-14-30(15-13-21)27(32)24-9-5-8-23(17-24)25-10-2-3-11-26(25)28(33)34/h2-11,16-17,21,33-34H,12-15,18H2,1H3,(H,29,31). The van der Waals surface area contributed by atoms with Gasteiger partial charge in [0.2, 0.25) is 5.91 Å². The minimum Gasteiger partial charge on any atom is -0.423 e. The van der Waals surface area contributed by atoms with Gasteiger partial charge in [0.15, 0.2) is 0 Å². The zero-order valence-electron chi connectivity index (χ0n) is 19.3. The lowest BCUT2D eigenvalue weighted by Gasteiger charge is -2.32. The number of rotatable bonds is 6. The van der Waals surface area contributed by atoms with Gasteiger partial charge in [-0.3, -0.25) is 9.59 Å². The highest BCUT2D eigenvalue weighted by molar-refractivity contribution is 6.60. The number of carbonyl (C=O) groups is 2. The van der Waals surface area contributed by atoms with E-state index in [1.165, 1.54) is 12.5 Å². The van der Waals surface area contributed by atoms with E-state index in [9.17, 15) is 19.6 Å². The summed E-state index contributed by atoms with van der Waals surface area (Å²) in [6.07, 6.45) is 1.77. The van der Waals surface area contributed by atoms with Crippen LogP contribution in [0.15, 0.2) is 72.8 Å². The smallest absolute Gasteiger partial charge is 0.423 e. The van der Waals surface area contributed by atoms with Crippen LogP contribution in [0.5, 0.6) is 0 Å². The van der Waals surface area contributed by atoms with E-state index in [1.807, 2.05) is 47.4 Å². The van der Waals surface area contributed by atoms with Crippen LogP contribution in [0.1, 0.15) is 47.2 Å². The Morgan fingerprint density at radius 3 is 2.44 bits per heavy atom. The van der Waals surface area contributed by atoms with Crippen LogP contribution in [0.4, 0.5) is 0 Å². The van der Waals surface area contributed by atoms with Crippen LogP contribution in [-0.2, 0) is 11.3 Å². The zero-order chi connectivity index (χ0) is 24.1. The van der Waals surface area contributed by atoms with Crippen LogP contribution in [0.2, 0.25) is 0 Å². The van der Waals surface area contributed by atoms with Gasteiger partial charge in [0.05, 0.1) is 0 Å². The molecule has 0 bridgehead atoms. The average molecular weight is 456 g/mol. The lowest BCUT2D eigenvalue weighted by Crippen LogP contribution is -2.38. The molecule has 1 heterocycles. The maximum Gasteiger partial charge on any atom is 0.489 e. The maximum atomic E-state index is 13.2. The Hall–Kier alpha value is -3.42. The number of carbonyl (C=O) groups excluding carboxylic acids is 2. The molecule has 174 valence electrons. The van der Waals surface area contributed by atoms with E-state index in [1.54, 1.807) is 18.2 Å². The molecule has 6 nitrogen and oxygen atoms in total. The molecule has 0 unspecified atom stereocenters. The Balaban J connectivity index is 1.43. The number of nitrogens with one attached hydrogen (secondary N) is 1. The second-order valence-electron chi connectivity index (χ2n) is 8.76. The van der Waals surface area contributed by atoms with Gasteiger partial charge in [-0.05, 0) is 58.6 Å². The molecule has 7 heteroatoms. The van der Waals surface area contributed by atoms with E-state index < -0.39 is 7.12 Å². The monoisotopic (exact) mass is 456 g/mol. The predicted molar refractivity (Wildman–Crippen MR) is 134 cm³/mol. The molecule has 0 saturated carbocycles. The Kier molecular flexibility index (Phi) is 7.45. The fraction of sp³-hybridized carbons (Fsp3) is 0.259. The van der Waals surface area contributed by atoms with Crippen molar-refractivity contribution in [2.75, 3.05) is 13.1 Å². The van der Waals surface area contributed by atoms with Crippen molar-refractivity contribution in [2.45, 2.75) is 32.2 Å². The van der Waals surface area contributed by atoms with E-state index >= 15 is 0 Å². The molecule has 0 aliphatic carbocycles. The minimum atomic E-state index is -1.58. The summed E-state index contributed by atoms with van der Waals surface area (Å²) in [5.74, 6) is 0.324. The molecule has 0 atom stereocenters. The van der Waals surface area contributed by atoms with Gasteiger partial charge in [0, 0.05) is 32.1 Å². The highest BCUT2D eigenvalue weighted by Gasteiger charge is 2.25. The van der Waals surface area contributed by atoms with Crippen LogP contribution in [0.3, 0.4) is 0 Å². The molecular weight excluding hydrogens is 427 g/mol. The number of likely N-dealkylation sites (tertiary alicyclic amines) is 1. The van der Waals surface area contributed by atoms with Crippen LogP contribution in [0.25, 0.3) is 11.1 Å². The van der Waals surface area contributed by atoms with E-state index in [0.717, 1.165) is 24.0 Å². The summed E-state index contributed by atoms with van der Waals surface area (Å²) in [6, 6.07) is 22.7. The third-order valence-electron chi connectivity index (χ3n) is 6.41. The van der Waals surface area contributed by atoms with Crippen LogP contribution >= 0.6 is 0 Å². The molecule has 0 radical (unpaired) electrons. The summed E-state index contributed by atoms with van der Waals surface area (Å²) >= 11 is 0. The van der Waals surface area contributed by atoms with Crippen molar-refractivity contribution in [1.82, 2.24) is 10.2 Å². The van der Waals surface area contributed by atoms with Gasteiger partial charge in [0.1, 0.15) is 0 Å². The van der Waals surface area contributed by atoms with E-state index in [2.05, 4.69) is 17.4 Å². The molecule has 4 rings (SSSR count). The molecule has 3 aromatic rings. The summed E-state index contributed by atoms with van der Waals surface area (Å²) < 4.78 is 0. The molecule has 0 aromatic heterocycles. The maximum absolute atomic E-state index is 13.2. The lowest BCUT2D eigenvalue weighted by molar-refractivity contribution is -0.119. The molecule has 1 fully saturated rings. The molecule has 0 spiro atoms. The fourth-order valence-electron chi connectivity index (χ4n) is 4.59. The second-order valence-corrected chi connectivity index (χ2v) is 8.76. The van der Waals surface area contributed by atoms with Crippen molar-refractivity contribution in [3.63, 3.8) is 0 Å². The topological polar surface area (TPSA) is 89.9 Å². The summed E-state index contributed by atoms with van der Waals surface area (Å²) in [7, 11) is -1.58. The molecule has 1 aliphatic heterocycles. The Morgan fingerprint density at radius 2 is 1.71 bits per heavy atom. The van der Waals surface area contributed by atoms with E-state index in [4.69, 9.17) is 0 Å². The summed E-state index contributed by atoms with van der Waals surface area (Å²) in [5.41, 5.74) is 4.81. The summed E-state index contributed by atoms with van der Waals surface area (Å²) in [4.78, 5) is 26.3. The molecule has 1 saturated heterocycles. The number of amides is 2. The second kappa shape index (κ2) is 10.7. The van der Waals surface area contributed by atoms with Crippen molar-refractivity contribution in [3.05, 3.63) is 89.5 Å². The lowest BCUT2D eigenvalue weighted by atomic mass is 9.75. The van der Waals surface area contributed by atoms with Gasteiger partial charge in [0.25, 0.3) is 5.91 Å². The van der Waals surface area contributed by atoms with E-state index in [-0.39, 0.29) is 11.8 Å². The van der Waals surface area contributed by atoms with Gasteiger partial charge in [-0.2, -0.15) is 0 Å². The number of hydrogen-bond acceptors (Lipinski definition) is 4. The van der Waals surface area contributed by atoms with Gasteiger partial charge in [-0.25, -0.2) is 0 Å². The van der Waals surface area contributed by atoms with Gasteiger partial charge >= 0.3 is 7.12 Å². The average Bonchev–Trinajstić information content (AvgIpc) is 2.87. The first-order chi connectivity index (χ1) is 16.4. The fourth-order valence-corrected chi connectivity index (χ4v) is 4.59.